The summed E-state index contributed by atoms with van der Waals surface area (Å²) in [5, 5.41) is 0.873. The van der Waals surface area contributed by atoms with Crippen molar-refractivity contribution in [1.82, 2.24) is 4.98 Å². The number of carbonyl (C=O) groups excluding carboxylic acids is 1. The number of halogens is 1. The van der Waals surface area contributed by atoms with E-state index in [1.165, 1.54) is 7.11 Å². The van der Waals surface area contributed by atoms with Gasteiger partial charge in [-0.25, -0.2) is 9.78 Å². The summed E-state index contributed by atoms with van der Waals surface area (Å²) in [5.74, 6) is 0.155. The van der Waals surface area contributed by atoms with Gasteiger partial charge in [0.05, 0.1) is 18.7 Å². The van der Waals surface area contributed by atoms with E-state index < -0.39 is 5.97 Å². The van der Waals surface area contributed by atoms with Crippen LogP contribution in [0, 0.1) is 6.92 Å². The molecule has 20 heavy (non-hydrogen) atoms. The van der Waals surface area contributed by atoms with Crippen LogP contribution in [0.5, 0.6) is 5.75 Å². The maximum atomic E-state index is 11.7. The first kappa shape index (κ1) is 14.8. The molecular weight excluding hydrogens is 322 g/mol. The maximum Gasteiger partial charge on any atom is 0.356 e. The third kappa shape index (κ3) is 2.93. The number of hydrogen-bond acceptors (Lipinski definition) is 4. The maximum absolute atomic E-state index is 11.7. The van der Waals surface area contributed by atoms with Crippen LogP contribution in [0.2, 0.25) is 0 Å². The normalized spacial score (nSPS) is 10.9. The first-order chi connectivity index (χ1) is 9.42. The highest BCUT2D eigenvalue weighted by Crippen LogP contribution is 2.32. The number of aromatic nitrogens is 1. The number of esters is 1. The highest BCUT2D eigenvalue weighted by Gasteiger charge is 2.16. The molecule has 0 spiro atoms. The molecule has 2 rings (SSSR count). The highest BCUT2D eigenvalue weighted by atomic mass is 79.9. The summed E-state index contributed by atoms with van der Waals surface area (Å²) in [6.07, 6.45) is 0.00499. The van der Waals surface area contributed by atoms with Gasteiger partial charge in [0.15, 0.2) is 5.69 Å². The van der Waals surface area contributed by atoms with Gasteiger partial charge >= 0.3 is 5.97 Å². The Kier molecular flexibility index (Phi) is 4.28. The van der Waals surface area contributed by atoms with E-state index in [-0.39, 0.29) is 11.8 Å². The molecule has 0 amide bonds. The second-order valence-electron chi connectivity index (χ2n) is 4.81. The Morgan fingerprint density at radius 1 is 1.30 bits per heavy atom. The minimum Gasteiger partial charge on any atom is -0.490 e. The minimum absolute atomic E-state index is 0.00499. The van der Waals surface area contributed by atoms with Gasteiger partial charge in [0, 0.05) is 15.9 Å². The van der Waals surface area contributed by atoms with Crippen molar-refractivity contribution >= 4 is 32.8 Å². The number of carbonyl (C=O) groups is 1. The molecule has 4 nitrogen and oxygen atoms in total. The van der Waals surface area contributed by atoms with E-state index in [9.17, 15) is 4.79 Å². The Morgan fingerprint density at radius 2 is 2.00 bits per heavy atom. The molecule has 0 unspecified atom stereocenters. The molecule has 0 aliphatic heterocycles. The second kappa shape index (κ2) is 5.79. The van der Waals surface area contributed by atoms with Crippen LogP contribution in [0.3, 0.4) is 0 Å². The van der Waals surface area contributed by atoms with Crippen molar-refractivity contribution in [2.24, 2.45) is 0 Å². The smallest absolute Gasteiger partial charge is 0.356 e. The van der Waals surface area contributed by atoms with Gasteiger partial charge in [-0.3, -0.25) is 0 Å². The molecule has 0 aliphatic carbocycles. The number of benzene rings is 1. The molecule has 1 aromatic carbocycles. The van der Waals surface area contributed by atoms with E-state index in [1.54, 1.807) is 6.07 Å². The Labute approximate surface area is 126 Å². The number of rotatable bonds is 3. The van der Waals surface area contributed by atoms with Gasteiger partial charge in [-0.2, -0.15) is 0 Å². The zero-order chi connectivity index (χ0) is 14.9. The Hall–Kier alpha value is -1.62. The van der Waals surface area contributed by atoms with Crippen molar-refractivity contribution in [3.63, 3.8) is 0 Å². The number of nitrogens with zero attached hydrogens (tertiary/aromatic N) is 1. The number of pyridine rings is 1. The lowest BCUT2D eigenvalue weighted by atomic mass is 10.1. The van der Waals surface area contributed by atoms with Crippen LogP contribution < -0.4 is 4.74 Å². The van der Waals surface area contributed by atoms with Crippen molar-refractivity contribution in [2.45, 2.75) is 26.9 Å². The van der Waals surface area contributed by atoms with Gasteiger partial charge in [0.2, 0.25) is 0 Å². The van der Waals surface area contributed by atoms with E-state index in [2.05, 4.69) is 20.9 Å². The van der Waals surface area contributed by atoms with Crippen LogP contribution in [0.1, 0.15) is 29.9 Å². The van der Waals surface area contributed by atoms with Crippen molar-refractivity contribution in [3.05, 3.63) is 33.9 Å². The van der Waals surface area contributed by atoms with Crippen LogP contribution in [0.15, 0.2) is 22.7 Å². The van der Waals surface area contributed by atoms with Crippen LogP contribution in [-0.2, 0) is 4.74 Å². The second-order valence-corrected chi connectivity index (χ2v) is 5.66. The standard InChI is InChI=1S/C15H16BrNO3/c1-8(2)20-13-7-12(15(18)19-4)17-14-10(13)5-9(3)6-11(14)16/h5-8H,1-4H3. The fraction of sp³-hybridized carbons (Fsp3) is 0.333. The Bertz CT molecular complexity index is 668. The lowest BCUT2D eigenvalue weighted by molar-refractivity contribution is 0.0593. The molecule has 0 saturated carbocycles. The number of hydrogen-bond donors (Lipinski definition) is 0. The zero-order valence-electron chi connectivity index (χ0n) is 11.9. The lowest BCUT2D eigenvalue weighted by Crippen LogP contribution is -2.10. The van der Waals surface area contributed by atoms with E-state index in [1.807, 2.05) is 32.9 Å². The summed E-state index contributed by atoms with van der Waals surface area (Å²) >= 11 is 3.48. The quantitative estimate of drug-likeness (QED) is 0.797. The molecule has 0 atom stereocenters. The van der Waals surface area contributed by atoms with Crippen LogP contribution >= 0.6 is 15.9 Å². The highest BCUT2D eigenvalue weighted by molar-refractivity contribution is 9.10. The Morgan fingerprint density at radius 3 is 2.60 bits per heavy atom. The fourth-order valence-electron chi connectivity index (χ4n) is 1.95. The van der Waals surface area contributed by atoms with Crippen LogP contribution in [0.4, 0.5) is 0 Å². The average Bonchev–Trinajstić information content (AvgIpc) is 2.37. The fourth-order valence-corrected chi connectivity index (χ4v) is 2.61. The van der Waals surface area contributed by atoms with Crippen molar-refractivity contribution in [3.8, 4) is 5.75 Å². The summed E-state index contributed by atoms with van der Waals surface area (Å²) in [4.78, 5) is 16.1. The van der Waals surface area contributed by atoms with Gasteiger partial charge in [-0.05, 0) is 54.4 Å². The van der Waals surface area contributed by atoms with Gasteiger partial charge < -0.3 is 9.47 Å². The summed E-state index contributed by atoms with van der Waals surface area (Å²) < 4.78 is 11.4. The molecule has 0 radical (unpaired) electrons. The van der Waals surface area contributed by atoms with Crippen molar-refractivity contribution in [2.75, 3.05) is 7.11 Å². The van der Waals surface area contributed by atoms with E-state index >= 15 is 0 Å². The lowest BCUT2D eigenvalue weighted by Gasteiger charge is -2.14. The predicted molar refractivity (Wildman–Crippen MR) is 81.3 cm³/mol. The molecule has 5 heteroatoms. The monoisotopic (exact) mass is 337 g/mol. The van der Waals surface area contributed by atoms with Gasteiger partial charge in [0.25, 0.3) is 0 Å². The summed E-state index contributed by atoms with van der Waals surface area (Å²) in [5.41, 5.74) is 2.01. The first-order valence-electron chi connectivity index (χ1n) is 6.28. The molecule has 2 aromatic rings. The third-order valence-electron chi connectivity index (χ3n) is 2.73. The summed E-state index contributed by atoms with van der Waals surface area (Å²) in [7, 11) is 1.33. The SMILES string of the molecule is COC(=O)c1cc(OC(C)C)c2cc(C)cc(Br)c2n1. The van der Waals surface area contributed by atoms with Gasteiger partial charge in [-0.15, -0.1) is 0 Å². The molecular formula is C15H16BrNO3. The zero-order valence-corrected chi connectivity index (χ0v) is 13.4. The summed E-state index contributed by atoms with van der Waals surface area (Å²) in [6.45, 7) is 5.88. The Balaban J connectivity index is 2.74. The van der Waals surface area contributed by atoms with Crippen molar-refractivity contribution < 1.29 is 14.3 Å². The molecule has 106 valence electrons. The predicted octanol–water partition coefficient (Wildman–Crippen LogP) is 3.88. The number of ether oxygens (including phenoxy) is 2. The first-order valence-corrected chi connectivity index (χ1v) is 7.07. The van der Waals surface area contributed by atoms with Crippen LogP contribution in [0.25, 0.3) is 10.9 Å². The number of methoxy groups -OCH3 is 1. The molecule has 0 bridgehead atoms. The van der Waals surface area contributed by atoms with E-state index in [4.69, 9.17) is 9.47 Å². The number of aryl methyl sites for hydroxylation is 1. The van der Waals surface area contributed by atoms with Crippen LogP contribution in [-0.4, -0.2) is 24.2 Å². The van der Waals surface area contributed by atoms with E-state index in [0.29, 0.717) is 11.3 Å². The third-order valence-corrected chi connectivity index (χ3v) is 3.33. The molecule has 0 fully saturated rings. The van der Waals surface area contributed by atoms with Gasteiger partial charge in [0.1, 0.15) is 5.75 Å². The number of fused-ring (bicyclic) bond motifs is 1. The molecule has 0 aliphatic rings. The molecule has 1 aromatic heterocycles. The molecule has 0 N–H and O–H groups in total. The van der Waals surface area contributed by atoms with Gasteiger partial charge in [-0.1, -0.05) is 0 Å². The average molecular weight is 338 g/mol. The minimum atomic E-state index is -0.479. The topological polar surface area (TPSA) is 48.4 Å². The largest absolute Gasteiger partial charge is 0.490 e. The van der Waals surface area contributed by atoms with E-state index in [0.717, 1.165) is 15.4 Å². The summed E-state index contributed by atoms with van der Waals surface area (Å²) in [6, 6.07) is 5.57. The van der Waals surface area contributed by atoms with Crippen molar-refractivity contribution in [1.29, 1.82) is 0 Å². The molecule has 0 saturated heterocycles. The molecule has 1 heterocycles.